The molecule has 0 N–H and O–H groups in total. The Morgan fingerprint density at radius 3 is 2.71 bits per heavy atom. The summed E-state index contributed by atoms with van der Waals surface area (Å²) in [6.45, 7) is 3.95. The molecule has 0 aliphatic heterocycles. The molecule has 4 nitrogen and oxygen atoms in total. The van der Waals surface area contributed by atoms with Gasteiger partial charge in [-0.05, 0) is 6.07 Å². The second-order valence-corrected chi connectivity index (χ2v) is 4.36. The Morgan fingerprint density at radius 1 is 1.29 bits per heavy atom. The quantitative estimate of drug-likeness (QED) is 0.768. The van der Waals surface area contributed by atoms with Gasteiger partial charge in [-0.15, -0.1) is 0 Å². The average Bonchev–Trinajstić information content (AvgIpc) is 2.28. The molecule has 5 heteroatoms. The highest BCUT2D eigenvalue weighted by Gasteiger charge is 2.08. The van der Waals surface area contributed by atoms with Gasteiger partial charge in [-0.25, -0.2) is 9.97 Å². The second kappa shape index (κ2) is 4.67. The lowest BCUT2D eigenvalue weighted by molar-refractivity contribution is 0.758. The van der Waals surface area contributed by atoms with Gasteiger partial charge in [-0.2, -0.15) is 0 Å². The highest BCUT2D eigenvalue weighted by molar-refractivity contribution is 6.29. The van der Waals surface area contributed by atoms with Gasteiger partial charge in [0.05, 0.1) is 0 Å². The SMILES string of the molecule is CC(C)c1nc(Cl)cc(-n2ccccc2=O)n1. The fourth-order valence-corrected chi connectivity index (χ4v) is 1.61. The Balaban J connectivity index is 2.60. The summed E-state index contributed by atoms with van der Waals surface area (Å²) in [6, 6.07) is 6.51. The van der Waals surface area contributed by atoms with Crippen molar-refractivity contribution in [2.75, 3.05) is 0 Å². The lowest BCUT2D eigenvalue weighted by Gasteiger charge is -2.08. The van der Waals surface area contributed by atoms with Gasteiger partial charge in [0.2, 0.25) is 0 Å². The average molecular weight is 250 g/mol. The minimum Gasteiger partial charge on any atom is -0.269 e. The molecule has 2 rings (SSSR count). The van der Waals surface area contributed by atoms with Gasteiger partial charge in [0, 0.05) is 24.2 Å². The molecule has 0 atom stereocenters. The zero-order chi connectivity index (χ0) is 12.4. The molecule has 0 spiro atoms. The number of hydrogen-bond donors (Lipinski definition) is 0. The normalized spacial score (nSPS) is 10.8. The minimum absolute atomic E-state index is 0.142. The molecule has 2 heterocycles. The van der Waals surface area contributed by atoms with Crippen LogP contribution in [0.5, 0.6) is 0 Å². The van der Waals surface area contributed by atoms with Crippen LogP contribution in [0.3, 0.4) is 0 Å². The summed E-state index contributed by atoms with van der Waals surface area (Å²) in [7, 11) is 0. The summed E-state index contributed by atoms with van der Waals surface area (Å²) in [5, 5.41) is 0.342. The Kier molecular flexibility index (Phi) is 3.24. The molecule has 0 unspecified atom stereocenters. The van der Waals surface area contributed by atoms with Gasteiger partial charge in [0.15, 0.2) is 0 Å². The summed E-state index contributed by atoms with van der Waals surface area (Å²) < 4.78 is 1.44. The topological polar surface area (TPSA) is 47.8 Å². The number of nitrogens with zero attached hydrogens (tertiary/aromatic N) is 3. The highest BCUT2D eigenvalue weighted by atomic mass is 35.5. The number of aromatic nitrogens is 3. The molecule has 0 saturated heterocycles. The van der Waals surface area contributed by atoms with Crippen LogP contribution < -0.4 is 5.56 Å². The van der Waals surface area contributed by atoms with Crippen molar-refractivity contribution in [1.82, 2.24) is 14.5 Å². The number of rotatable bonds is 2. The summed E-state index contributed by atoms with van der Waals surface area (Å²) >= 11 is 5.93. The van der Waals surface area contributed by atoms with Gasteiger partial charge in [-0.1, -0.05) is 31.5 Å². The third-order valence-corrected chi connectivity index (χ3v) is 2.48. The Labute approximate surface area is 104 Å². The minimum atomic E-state index is -0.142. The van der Waals surface area contributed by atoms with Crippen LogP contribution in [0.15, 0.2) is 35.3 Å². The van der Waals surface area contributed by atoms with E-state index in [-0.39, 0.29) is 11.5 Å². The number of pyridine rings is 1. The van der Waals surface area contributed by atoms with Gasteiger partial charge >= 0.3 is 0 Å². The molecule has 17 heavy (non-hydrogen) atoms. The molecular formula is C12H12ClN3O. The van der Waals surface area contributed by atoms with Crippen molar-refractivity contribution in [3.8, 4) is 5.82 Å². The van der Waals surface area contributed by atoms with Crippen molar-refractivity contribution >= 4 is 11.6 Å². The molecular weight excluding hydrogens is 238 g/mol. The first-order chi connectivity index (χ1) is 8.08. The zero-order valence-corrected chi connectivity index (χ0v) is 10.3. The van der Waals surface area contributed by atoms with E-state index in [9.17, 15) is 4.79 Å². The lowest BCUT2D eigenvalue weighted by atomic mass is 10.2. The Hall–Kier alpha value is -1.68. The van der Waals surface area contributed by atoms with E-state index in [4.69, 9.17) is 11.6 Å². The third-order valence-electron chi connectivity index (χ3n) is 2.28. The van der Waals surface area contributed by atoms with Crippen molar-refractivity contribution in [2.24, 2.45) is 0 Å². The van der Waals surface area contributed by atoms with E-state index >= 15 is 0 Å². The molecule has 0 aliphatic rings. The summed E-state index contributed by atoms with van der Waals surface area (Å²) in [5.41, 5.74) is -0.142. The maximum Gasteiger partial charge on any atom is 0.256 e. The van der Waals surface area contributed by atoms with Gasteiger partial charge < -0.3 is 0 Å². The first-order valence-corrected chi connectivity index (χ1v) is 5.68. The zero-order valence-electron chi connectivity index (χ0n) is 9.59. The van der Waals surface area contributed by atoms with E-state index in [2.05, 4.69) is 9.97 Å². The van der Waals surface area contributed by atoms with Crippen LogP contribution in [0.1, 0.15) is 25.6 Å². The van der Waals surface area contributed by atoms with E-state index in [0.29, 0.717) is 16.8 Å². The Bertz CT molecular complexity index is 592. The fourth-order valence-electron chi connectivity index (χ4n) is 1.42. The predicted octanol–water partition coefficient (Wildman–Crippen LogP) is 2.40. The van der Waals surface area contributed by atoms with E-state index in [0.717, 1.165) is 0 Å². The summed E-state index contributed by atoms with van der Waals surface area (Å²) in [6.07, 6.45) is 1.66. The van der Waals surface area contributed by atoms with Crippen molar-refractivity contribution < 1.29 is 0 Å². The predicted molar refractivity (Wildman–Crippen MR) is 66.7 cm³/mol. The van der Waals surface area contributed by atoms with Crippen LogP contribution in [-0.2, 0) is 0 Å². The highest BCUT2D eigenvalue weighted by Crippen LogP contribution is 2.15. The molecule has 2 aromatic heterocycles. The summed E-state index contributed by atoms with van der Waals surface area (Å²) in [4.78, 5) is 20.1. The number of hydrogen-bond acceptors (Lipinski definition) is 3. The van der Waals surface area contributed by atoms with Crippen molar-refractivity contribution in [3.05, 3.63) is 51.8 Å². The Morgan fingerprint density at radius 2 is 2.06 bits per heavy atom. The van der Waals surface area contributed by atoms with Gasteiger partial charge in [0.1, 0.15) is 16.8 Å². The van der Waals surface area contributed by atoms with Crippen LogP contribution >= 0.6 is 11.6 Å². The molecule has 0 aliphatic carbocycles. The largest absolute Gasteiger partial charge is 0.269 e. The monoisotopic (exact) mass is 249 g/mol. The lowest BCUT2D eigenvalue weighted by Crippen LogP contribution is -2.18. The maximum atomic E-state index is 11.7. The molecule has 0 aromatic carbocycles. The van der Waals surface area contributed by atoms with Crippen LogP contribution in [0.4, 0.5) is 0 Å². The van der Waals surface area contributed by atoms with Crippen LogP contribution in [0.2, 0.25) is 5.15 Å². The molecule has 88 valence electrons. The van der Waals surface area contributed by atoms with E-state index in [1.807, 2.05) is 13.8 Å². The molecule has 0 radical (unpaired) electrons. The van der Waals surface area contributed by atoms with E-state index < -0.39 is 0 Å². The summed E-state index contributed by atoms with van der Waals surface area (Å²) in [5.74, 6) is 1.29. The van der Waals surface area contributed by atoms with Crippen molar-refractivity contribution in [1.29, 1.82) is 0 Å². The third kappa shape index (κ3) is 2.53. The standard InChI is InChI=1S/C12H12ClN3O/c1-8(2)12-14-9(13)7-10(15-12)16-6-4-3-5-11(16)17/h3-8H,1-2H3. The van der Waals surface area contributed by atoms with Gasteiger partial charge in [-0.3, -0.25) is 9.36 Å². The fraction of sp³-hybridized carbons (Fsp3) is 0.250. The van der Waals surface area contributed by atoms with Gasteiger partial charge in [0.25, 0.3) is 5.56 Å². The molecule has 0 fully saturated rings. The van der Waals surface area contributed by atoms with E-state index in [1.54, 1.807) is 24.4 Å². The first kappa shape index (κ1) is 11.8. The van der Waals surface area contributed by atoms with Crippen LogP contribution in [-0.4, -0.2) is 14.5 Å². The van der Waals surface area contributed by atoms with Crippen LogP contribution in [0.25, 0.3) is 5.82 Å². The maximum absolute atomic E-state index is 11.7. The number of halogens is 1. The van der Waals surface area contributed by atoms with Crippen LogP contribution in [0, 0.1) is 0 Å². The molecule has 0 bridgehead atoms. The first-order valence-electron chi connectivity index (χ1n) is 5.30. The molecule has 0 saturated carbocycles. The molecule has 2 aromatic rings. The smallest absolute Gasteiger partial charge is 0.256 e. The van der Waals surface area contributed by atoms with Crippen molar-refractivity contribution in [2.45, 2.75) is 19.8 Å². The molecule has 0 amide bonds. The second-order valence-electron chi connectivity index (χ2n) is 3.97. The van der Waals surface area contributed by atoms with E-state index in [1.165, 1.54) is 10.6 Å². The van der Waals surface area contributed by atoms with Crippen molar-refractivity contribution in [3.63, 3.8) is 0 Å².